The molecule has 0 spiro atoms. The van der Waals surface area contributed by atoms with Gasteiger partial charge in [-0.05, 0) is 61.4 Å². The van der Waals surface area contributed by atoms with Crippen LogP contribution in [0.15, 0.2) is 11.6 Å². The fraction of sp³-hybridized carbons (Fsp3) is 0.824. The summed E-state index contributed by atoms with van der Waals surface area (Å²) < 4.78 is 7.00. The molecule has 0 aromatic heterocycles. The van der Waals surface area contributed by atoms with E-state index in [2.05, 4.69) is 27.7 Å². The Bertz CT molecular complexity index is 390. The van der Waals surface area contributed by atoms with Crippen molar-refractivity contribution in [3.8, 4) is 0 Å². The monoisotopic (exact) mass is 294 g/mol. The van der Waals surface area contributed by atoms with Crippen LogP contribution in [0.1, 0.15) is 59.8 Å². The lowest BCUT2D eigenvalue weighted by Gasteiger charge is -2.44. The van der Waals surface area contributed by atoms with Gasteiger partial charge in [0.25, 0.3) is 0 Å². The Morgan fingerprint density at radius 2 is 1.90 bits per heavy atom. The van der Waals surface area contributed by atoms with Gasteiger partial charge in [0.2, 0.25) is 0 Å². The van der Waals surface area contributed by atoms with Gasteiger partial charge in [-0.15, -0.1) is 0 Å². The first-order valence-corrected chi connectivity index (χ1v) is 11.0. The maximum atomic E-state index is 12.0. The minimum absolute atomic E-state index is 0.0968. The molecular formula is C17H30O2Si. The van der Waals surface area contributed by atoms with E-state index in [0.717, 1.165) is 19.3 Å². The normalized spacial score (nSPS) is 30.9. The molecule has 0 bridgehead atoms. The van der Waals surface area contributed by atoms with Crippen LogP contribution in [0.2, 0.25) is 18.1 Å². The third-order valence-corrected chi connectivity index (χ3v) is 10.5. The van der Waals surface area contributed by atoms with Crippen LogP contribution in [0.3, 0.4) is 0 Å². The highest BCUT2D eigenvalue weighted by atomic mass is 28.4. The van der Waals surface area contributed by atoms with Crippen molar-refractivity contribution in [1.82, 2.24) is 0 Å². The Hall–Kier alpha value is -0.413. The van der Waals surface area contributed by atoms with Crippen molar-refractivity contribution >= 4 is 14.1 Å². The third-order valence-electron chi connectivity index (χ3n) is 5.82. The number of fused-ring (bicyclic) bond motifs is 1. The lowest BCUT2D eigenvalue weighted by atomic mass is 9.83. The van der Waals surface area contributed by atoms with Gasteiger partial charge in [-0.25, -0.2) is 0 Å². The van der Waals surface area contributed by atoms with Crippen molar-refractivity contribution in [3.63, 3.8) is 0 Å². The zero-order valence-electron chi connectivity index (χ0n) is 13.6. The fourth-order valence-corrected chi connectivity index (χ4v) is 7.24. The molecule has 0 aromatic rings. The Kier molecular flexibility index (Phi) is 4.91. The molecule has 2 aliphatic carbocycles. The molecule has 0 radical (unpaired) electrons. The average molecular weight is 295 g/mol. The molecule has 114 valence electrons. The van der Waals surface area contributed by atoms with Crippen LogP contribution in [-0.4, -0.2) is 19.7 Å². The van der Waals surface area contributed by atoms with Gasteiger partial charge < -0.3 is 4.43 Å². The van der Waals surface area contributed by atoms with Crippen LogP contribution < -0.4 is 0 Å². The van der Waals surface area contributed by atoms with Gasteiger partial charge in [-0.3, -0.25) is 4.79 Å². The Balaban J connectivity index is 2.38. The summed E-state index contributed by atoms with van der Waals surface area (Å²) in [6.07, 6.45) is 7.01. The number of hydrogen-bond donors (Lipinski definition) is 0. The summed E-state index contributed by atoms with van der Waals surface area (Å²) in [5.41, 5.74) is 1.22. The summed E-state index contributed by atoms with van der Waals surface area (Å²) >= 11 is 0. The van der Waals surface area contributed by atoms with Crippen molar-refractivity contribution in [2.45, 2.75) is 83.5 Å². The summed E-state index contributed by atoms with van der Waals surface area (Å²) in [6.45, 7) is 9.18. The van der Waals surface area contributed by atoms with Gasteiger partial charge in [-0.1, -0.05) is 27.7 Å². The van der Waals surface area contributed by atoms with Crippen LogP contribution >= 0.6 is 0 Å². The Morgan fingerprint density at radius 3 is 2.50 bits per heavy atom. The average Bonchev–Trinajstić information content (AvgIpc) is 2.81. The molecule has 0 aromatic carbocycles. The van der Waals surface area contributed by atoms with Crippen LogP contribution in [0.5, 0.6) is 0 Å². The molecule has 0 aliphatic heterocycles. The Morgan fingerprint density at radius 1 is 1.25 bits per heavy atom. The Labute approximate surface area is 125 Å². The van der Waals surface area contributed by atoms with Crippen molar-refractivity contribution in [1.29, 1.82) is 0 Å². The van der Waals surface area contributed by atoms with Crippen LogP contribution in [0, 0.1) is 5.92 Å². The van der Waals surface area contributed by atoms with Gasteiger partial charge in [0.05, 0.1) is 5.60 Å². The van der Waals surface area contributed by atoms with Gasteiger partial charge in [-0.2, -0.15) is 0 Å². The standard InChI is InChI=1S/C17H30O2Si/c1-5-20(6-2,7-3)19-17-12-8-9-15(17)13-16(18)11-10-14(17)4/h13-14H,5-12H2,1-4H3/t14-,17-/m0/s1. The van der Waals surface area contributed by atoms with Crippen LogP contribution in [0.25, 0.3) is 0 Å². The highest BCUT2D eigenvalue weighted by Gasteiger charge is 2.49. The lowest BCUT2D eigenvalue weighted by Crippen LogP contribution is -2.50. The smallest absolute Gasteiger partial charge is 0.193 e. The second kappa shape index (κ2) is 6.14. The molecule has 2 rings (SSSR count). The summed E-state index contributed by atoms with van der Waals surface area (Å²) in [4.78, 5) is 12.0. The van der Waals surface area contributed by atoms with E-state index >= 15 is 0 Å². The second-order valence-corrected chi connectivity index (χ2v) is 11.4. The summed E-state index contributed by atoms with van der Waals surface area (Å²) in [5, 5.41) is 0. The number of ketones is 1. The molecule has 1 saturated carbocycles. The number of carbonyl (C=O) groups is 1. The van der Waals surface area contributed by atoms with E-state index in [9.17, 15) is 4.79 Å². The molecule has 0 unspecified atom stereocenters. The largest absolute Gasteiger partial charge is 0.407 e. The number of allylic oxidation sites excluding steroid dienone is 1. The highest BCUT2D eigenvalue weighted by Crippen LogP contribution is 2.49. The number of rotatable bonds is 5. The maximum Gasteiger partial charge on any atom is 0.193 e. The van der Waals surface area contributed by atoms with Crippen molar-refractivity contribution in [2.24, 2.45) is 5.92 Å². The zero-order chi connectivity index (χ0) is 14.8. The molecule has 0 heterocycles. The SMILES string of the molecule is CC[Si](CC)(CC)O[C@]12CCCC1=CC(=O)CC[C@@H]2C. The zero-order valence-corrected chi connectivity index (χ0v) is 14.6. The van der Waals surface area contributed by atoms with Crippen molar-refractivity contribution in [2.75, 3.05) is 0 Å². The minimum atomic E-state index is -1.64. The molecule has 2 atom stereocenters. The van der Waals surface area contributed by atoms with E-state index in [1.165, 1.54) is 30.1 Å². The molecule has 0 saturated heterocycles. The first-order valence-electron chi connectivity index (χ1n) is 8.46. The first kappa shape index (κ1) is 16.0. The van der Waals surface area contributed by atoms with E-state index in [4.69, 9.17) is 4.43 Å². The lowest BCUT2D eigenvalue weighted by molar-refractivity contribution is -0.114. The van der Waals surface area contributed by atoms with Gasteiger partial charge >= 0.3 is 0 Å². The number of carbonyl (C=O) groups excluding carboxylic acids is 1. The third kappa shape index (κ3) is 2.67. The molecule has 0 N–H and O–H groups in total. The van der Waals surface area contributed by atoms with Crippen molar-refractivity contribution in [3.05, 3.63) is 11.6 Å². The van der Waals surface area contributed by atoms with E-state index < -0.39 is 8.32 Å². The summed E-state index contributed by atoms with van der Waals surface area (Å²) in [6, 6.07) is 3.57. The van der Waals surface area contributed by atoms with Gasteiger partial charge in [0, 0.05) is 6.42 Å². The quantitative estimate of drug-likeness (QED) is 0.677. The topological polar surface area (TPSA) is 26.3 Å². The molecule has 1 fully saturated rings. The van der Waals surface area contributed by atoms with Crippen molar-refractivity contribution < 1.29 is 9.22 Å². The van der Waals surface area contributed by atoms with E-state index in [0.29, 0.717) is 18.1 Å². The highest BCUT2D eigenvalue weighted by molar-refractivity contribution is 6.73. The van der Waals surface area contributed by atoms with Crippen LogP contribution in [0.4, 0.5) is 0 Å². The fourth-order valence-electron chi connectivity index (χ4n) is 4.10. The second-order valence-electron chi connectivity index (χ2n) is 6.66. The van der Waals surface area contributed by atoms with Gasteiger partial charge in [0.15, 0.2) is 14.1 Å². The summed E-state index contributed by atoms with van der Waals surface area (Å²) in [7, 11) is -1.64. The van der Waals surface area contributed by atoms with E-state index in [-0.39, 0.29) is 5.60 Å². The molecule has 2 aliphatic rings. The molecule has 3 heteroatoms. The molecule has 0 amide bonds. The maximum absolute atomic E-state index is 12.0. The molecular weight excluding hydrogens is 264 g/mol. The first-order chi connectivity index (χ1) is 9.52. The van der Waals surface area contributed by atoms with Gasteiger partial charge in [0.1, 0.15) is 0 Å². The van der Waals surface area contributed by atoms with E-state index in [1.807, 2.05) is 6.08 Å². The summed E-state index contributed by atoms with van der Waals surface area (Å²) in [5.74, 6) is 0.801. The molecule has 2 nitrogen and oxygen atoms in total. The predicted molar refractivity (Wildman–Crippen MR) is 86.4 cm³/mol. The predicted octanol–water partition coefficient (Wildman–Crippen LogP) is 4.86. The van der Waals surface area contributed by atoms with Crippen LogP contribution in [-0.2, 0) is 9.22 Å². The number of hydrogen-bond acceptors (Lipinski definition) is 2. The minimum Gasteiger partial charge on any atom is -0.407 e. The molecule has 20 heavy (non-hydrogen) atoms. The van der Waals surface area contributed by atoms with E-state index in [1.54, 1.807) is 0 Å².